The molecule has 0 aliphatic rings. The zero-order chi connectivity index (χ0) is 22.5. The highest BCUT2D eigenvalue weighted by molar-refractivity contribution is 9.10. The van der Waals surface area contributed by atoms with E-state index in [0.29, 0.717) is 20.9 Å². The van der Waals surface area contributed by atoms with E-state index >= 15 is 0 Å². The van der Waals surface area contributed by atoms with Crippen LogP contribution in [-0.2, 0) is 11.2 Å². The molecule has 1 heterocycles. The number of carbonyl (C=O) groups is 2. The Labute approximate surface area is 198 Å². The third-order valence-corrected chi connectivity index (χ3v) is 6.06. The summed E-state index contributed by atoms with van der Waals surface area (Å²) in [5.41, 5.74) is 2.40. The van der Waals surface area contributed by atoms with Crippen molar-refractivity contribution in [2.75, 3.05) is 5.32 Å². The van der Waals surface area contributed by atoms with Gasteiger partial charge >= 0.3 is 6.09 Å². The second-order valence-electron chi connectivity index (χ2n) is 7.08. The summed E-state index contributed by atoms with van der Waals surface area (Å²) in [6, 6.07) is 20.6. The third-order valence-electron chi connectivity index (χ3n) is 4.85. The lowest BCUT2D eigenvalue weighted by Gasteiger charge is -2.18. The van der Waals surface area contributed by atoms with Gasteiger partial charge < -0.3 is 20.4 Å². The van der Waals surface area contributed by atoms with Crippen LogP contribution in [0.1, 0.15) is 5.56 Å². The Morgan fingerprint density at radius 2 is 1.78 bits per heavy atom. The summed E-state index contributed by atoms with van der Waals surface area (Å²) < 4.78 is 5.98. The van der Waals surface area contributed by atoms with Gasteiger partial charge in [0.1, 0.15) is 11.8 Å². The standard InChI is InChI=1S/C24H19BrClN3O3/c25-19-13-16(10-11-20(19)26)28-23(30)22(29-24(31)32-17-6-2-1-3-7-17)12-15-14-27-21-9-5-4-8-18(15)21/h1-11,13-14,22,27H,12H2,(H,28,30)(H,29,31)/t22-/m0/s1. The van der Waals surface area contributed by atoms with Gasteiger partial charge in [0.05, 0.1) is 5.02 Å². The van der Waals surface area contributed by atoms with Crippen molar-refractivity contribution in [3.8, 4) is 5.75 Å². The molecule has 4 rings (SSSR count). The number of para-hydroxylation sites is 2. The summed E-state index contributed by atoms with van der Waals surface area (Å²) in [6.45, 7) is 0. The number of aromatic amines is 1. The van der Waals surface area contributed by atoms with Crippen molar-refractivity contribution < 1.29 is 14.3 Å². The van der Waals surface area contributed by atoms with E-state index in [1.165, 1.54) is 0 Å². The van der Waals surface area contributed by atoms with E-state index in [9.17, 15) is 9.59 Å². The number of carbonyl (C=O) groups excluding carboxylic acids is 2. The molecular formula is C24H19BrClN3O3. The average molecular weight is 513 g/mol. The van der Waals surface area contributed by atoms with E-state index in [-0.39, 0.29) is 12.3 Å². The van der Waals surface area contributed by atoms with Gasteiger partial charge in [-0.3, -0.25) is 4.79 Å². The molecular weight excluding hydrogens is 494 g/mol. The monoisotopic (exact) mass is 511 g/mol. The van der Waals surface area contributed by atoms with Crippen molar-refractivity contribution in [1.29, 1.82) is 0 Å². The first-order valence-electron chi connectivity index (χ1n) is 9.84. The maximum Gasteiger partial charge on any atom is 0.413 e. The fourth-order valence-electron chi connectivity index (χ4n) is 3.30. The van der Waals surface area contributed by atoms with Gasteiger partial charge in [-0.25, -0.2) is 4.79 Å². The smallest absolute Gasteiger partial charge is 0.410 e. The predicted molar refractivity (Wildman–Crippen MR) is 129 cm³/mol. The van der Waals surface area contributed by atoms with E-state index < -0.39 is 12.1 Å². The number of nitrogens with one attached hydrogen (secondary N) is 3. The fourth-order valence-corrected chi connectivity index (χ4v) is 3.80. The van der Waals surface area contributed by atoms with Crippen LogP contribution in [0.5, 0.6) is 5.75 Å². The fraction of sp³-hybridized carbons (Fsp3) is 0.0833. The van der Waals surface area contributed by atoms with E-state index in [2.05, 4.69) is 31.5 Å². The Morgan fingerprint density at radius 1 is 1.03 bits per heavy atom. The Bertz CT molecular complexity index is 1260. The minimum atomic E-state index is -0.875. The lowest BCUT2D eigenvalue weighted by atomic mass is 10.0. The highest BCUT2D eigenvalue weighted by atomic mass is 79.9. The molecule has 3 N–H and O–H groups in total. The van der Waals surface area contributed by atoms with Gasteiger partial charge in [0.25, 0.3) is 0 Å². The molecule has 1 atom stereocenters. The molecule has 6 nitrogen and oxygen atoms in total. The molecule has 0 saturated carbocycles. The van der Waals surface area contributed by atoms with Crippen molar-refractivity contribution in [2.24, 2.45) is 0 Å². The van der Waals surface area contributed by atoms with Crippen molar-refractivity contribution in [3.05, 3.63) is 94.1 Å². The number of anilines is 1. The molecule has 8 heteroatoms. The number of halogens is 2. The number of aromatic nitrogens is 1. The number of hydrogen-bond donors (Lipinski definition) is 3. The van der Waals surface area contributed by atoms with Crippen LogP contribution in [0.15, 0.2) is 83.5 Å². The Hall–Kier alpha value is -3.29. The number of H-pyrrole nitrogens is 1. The SMILES string of the molecule is O=C(N[C@@H](Cc1c[nH]c2ccccc12)C(=O)Nc1ccc(Cl)c(Br)c1)Oc1ccccc1. The summed E-state index contributed by atoms with van der Waals surface area (Å²) in [6.07, 6.45) is 1.40. The molecule has 32 heavy (non-hydrogen) atoms. The van der Waals surface area contributed by atoms with E-state index in [1.54, 1.807) is 42.5 Å². The zero-order valence-electron chi connectivity index (χ0n) is 16.8. The summed E-state index contributed by atoms with van der Waals surface area (Å²) >= 11 is 9.39. The topological polar surface area (TPSA) is 83.2 Å². The van der Waals surface area contributed by atoms with Gasteiger partial charge in [-0.05, 0) is 57.9 Å². The number of benzene rings is 3. The van der Waals surface area contributed by atoms with E-state index in [0.717, 1.165) is 16.5 Å². The average Bonchev–Trinajstić information content (AvgIpc) is 3.19. The maximum absolute atomic E-state index is 13.1. The van der Waals surface area contributed by atoms with Crippen molar-refractivity contribution in [1.82, 2.24) is 10.3 Å². The van der Waals surface area contributed by atoms with Crippen LogP contribution in [0.2, 0.25) is 5.02 Å². The molecule has 0 fully saturated rings. The Balaban J connectivity index is 1.55. The van der Waals surface area contributed by atoms with Crippen LogP contribution >= 0.6 is 27.5 Å². The second-order valence-corrected chi connectivity index (χ2v) is 8.34. The summed E-state index contributed by atoms with van der Waals surface area (Å²) in [5.74, 6) is 0.00685. The van der Waals surface area contributed by atoms with Crippen LogP contribution in [0.3, 0.4) is 0 Å². The number of hydrogen-bond acceptors (Lipinski definition) is 3. The molecule has 0 aliphatic carbocycles. The van der Waals surface area contributed by atoms with Gasteiger partial charge in [-0.1, -0.05) is 48.0 Å². The normalized spacial score (nSPS) is 11.7. The molecule has 162 valence electrons. The number of fused-ring (bicyclic) bond motifs is 1. The van der Waals surface area contributed by atoms with Crippen LogP contribution in [0, 0.1) is 0 Å². The van der Waals surface area contributed by atoms with Crippen molar-refractivity contribution in [3.63, 3.8) is 0 Å². The van der Waals surface area contributed by atoms with Crippen LogP contribution in [0.25, 0.3) is 10.9 Å². The minimum absolute atomic E-state index is 0.272. The zero-order valence-corrected chi connectivity index (χ0v) is 19.1. The lowest BCUT2D eigenvalue weighted by molar-refractivity contribution is -0.118. The molecule has 0 saturated heterocycles. The van der Waals surface area contributed by atoms with Crippen LogP contribution in [-0.4, -0.2) is 23.0 Å². The molecule has 3 aromatic carbocycles. The third kappa shape index (κ3) is 5.30. The molecule has 1 aromatic heterocycles. The first-order chi connectivity index (χ1) is 15.5. The highest BCUT2D eigenvalue weighted by Gasteiger charge is 2.24. The Morgan fingerprint density at radius 3 is 2.56 bits per heavy atom. The van der Waals surface area contributed by atoms with Gasteiger partial charge in [-0.15, -0.1) is 0 Å². The molecule has 0 aliphatic heterocycles. The van der Waals surface area contributed by atoms with E-state index in [1.807, 2.05) is 36.5 Å². The maximum atomic E-state index is 13.1. The number of amides is 2. The molecule has 0 spiro atoms. The number of ether oxygens (including phenoxy) is 1. The van der Waals surface area contributed by atoms with E-state index in [4.69, 9.17) is 16.3 Å². The first-order valence-corrected chi connectivity index (χ1v) is 11.0. The van der Waals surface area contributed by atoms with Crippen molar-refractivity contribution >= 4 is 56.1 Å². The molecule has 0 radical (unpaired) electrons. The summed E-state index contributed by atoms with van der Waals surface area (Å²) in [7, 11) is 0. The summed E-state index contributed by atoms with van der Waals surface area (Å²) in [5, 5.41) is 7.04. The highest BCUT2D eigenvalue weighted by Crippen LogP contribution is 2.26. The quantitative estimate of drug-likeness (QED) is 0.300. The predicted octanol–water partition coefficient (Wildman–Crippen LogP) is 5.92. The van der Waals surface area contributed by atoms with Gasteiger partial charge in [0.2, 0.25) is 5.91 Å². The van der Waals surface area contributed by atoms with Gasteiger partial charge in [0, 0.05) is 33.7 Å². The van der Waals surface area contributed by atoms with Gasteiger partial charge in [0.15, 0.2) is 0 Å². The van der Waals surface area contributed by atoms with Gasteiger partial charge in [-0.2, -0.15) is 0 Å². The Kier molecular flexibility index (Phi) is 6.78. The minimum Gasteiger partial charge on any atom is -0.410 e. The molecule has 4 aromatic rings. The van der Waals surface area contributed by atoms with Crippen LogP contribution < -0.4 is 15.4 Å². The lowest BCUT2D eigenvalue weighted by Crippen LogP contribution is -2.46. The van der Waals surface area contributed by atoms with Crippen LogP contribution in [0.4, 0.5) is 10.5 Å². The molecule has 0 unspecified atom stereocenters. The second kappa shape index (κ2) is 9.89. The van der Waals surface area contributed by atoms with Crippen molar-refractivity contribution in [2.45, 2.75) is 12.5 Å². The largest absolute Gasteiger partial charge is 0.413 e. The number of rotatable bonds is 6. The summed E-state index contributed by atoms with van der Waals surface area (Å²) in [4.78, 5) is 28.8. The molecule has 2 amide bonds. The molecule has 0 bridgehead atoms. The first kappa shape index (κ1) is 21.9.